The van der Waals surface area contributed by atoms with Crippen LogP contribution in [0.5, 0.6) is 0 Å². The number of imidazole rings is 1. The van der Waals surface area contributed by atoms with E-state index in [9.17, 15) is 0 Å². The lowest BCUT2D eigenvalue weighted by atomic mass is 10.0. The average Bonchev–Trinajstić information content (AvgIpc) is 2.59. The van der Waals surface area contributed by atoms with E-state index in [1.54, 1.807) is 0 Å². The Morgan fingerprint density at radius 3 is 2.44 bits per heavy atom. The van der Waals surface area contributed by atoms with E-state index in [4.69, 9.17) is 0 Å². The summed E-state index contributed by atoms with van der Waals surface area (Å²) in [5.41, 5.74) is 2.09. The third kappa shape index (κ3) is 1.58. The number of nitrogens with one attached hydrogen (secondary N) is 1. The summed E-state index contributed by atoms with van der Waals surface area (Å²) in [5, 5.41) is 3.65. The first kappa shape index (κ1) is 11.6. The van der Waals surface area contributed by atoms with Crippen LogP contribution in [0.15, 0.2) is 12.5 Å². The fourth-order valence-corrected chi connectivity index (χ4v) is 2.69. The Morgan fingerprint density at radius 2 is 1.94 bits per heavy atom. The molecule has 1 fully saturated rings. The maximum atomic E-state index is 4.19. The molecule has 1 aliphatic rings. The zero-order chi connectivity index (χ0) is 12.0. The van der Waals surface area contributed by atoms with Gasteiger partial charge in [0, 0.05) is 25.3 Å². The van der Waals surface area contributed by atoms with Gasteiger partial charge in [0.1, 0.15) is 0 Å². The number of nitrogens with zero attached hydrogens (tertiary/aromatic N) is 2. The molecule has 3 heteroatoms. The Morgan fingerprint density at radius 1 is 1.31 bits per heavy atom. The highest BCUT2D eigenvalue weighted by molar-refractivity contribution is 5.18. The second-order valence-corrected chi connectivity index (χ2v) is 5.93. The molecule has 0 atom stereocenters. The van der Waals surface area contributed by atoms with Gasteiger partial charge >= 0.3 is 0 Å². The number of hydrogen-bond donors (Lipinski definition) is 1. The van der Waals surface area contributed by atoms with Crippen LogP contribution in [0.4, 0.5) is 0 Å². The monoisotopic (exact) mass is 221 g/mol. The predicted octanol–water partition coefficient (Wildman–Crippen LogP) is 2.43. The van der Waals surface area contributed by atoms with Crippen molar-refractivity contribution in [1.82, 2.24) is 14.9 Å². The highest BCUT2D eigenvalue weighted by atomic mass is 15.1. The minimum Gasteiger partial charge on any atom is -0.334 e. The molecule has 0 bridgehead atoms. The molecular weight excluding hydrogens is 198 g/mol. The van der Waals surface area contributed by atoms with Gasteiger partial charge in [-0.15, -0.1) is 0 Å². The van der Waals surface area contributed by atoms with Crippen LogP contribution in [0.25, 0.3) is 0 Å². The number of aryl methyl sites for hydroxylation is 1. The lowest BCUT2D eigenvalue weighted by molar-refractivity contribution is 0.457. The van der Waals surface area contributed by atoms with Gasteiger partial charge in [-0.05, 0) is 17.8 Å². The summed E-state index contributed by atoms with van der Waals surface area (Å²) in [4.78, 5) is 4.19. The molecule has 0 aromatic carbocycles. The summed E-state index contributed by atoms with van der Waals surface area (Å²) >= 11 is 0. The molecule has 0 spiro atoms. The summed E-state index contributed by atoms with van der Waals surface area (Å²) in [6, 6.07) is 0.611. The molecule has 3 nitrogen and oxygen atoms in total. The van der Waals surface area contributed by atoms with Crippen LogP contribution in [-0.2, 0) is 13.1 Å². The standard InChI is InChI=1S/C13H23N3/c1-6-16-9-14-7-10(16)8-15-11-12(2,3)13(11,4)5/h7,9,11,15H,6,8H2,1-5H3. The van der Waals surface area contributed by atoms with Crippen molar-refractivity contribution < 1.29 is 0 Å². The molecular formula is C13H23N3. The van der Waals surface area contributed by atoms with Crippen LogP contribution >= 0.6 is 0 Å². The Bertz CT molecular complexity index is 362. The van der Waals surface area contributed by atoms with E-state index in [0.29, 0.717) is 16.9 Å². The molecule has 16 heavy (non-hydrogen) atoms. The molecule has 1 N–H and O–H groups in total. The van der Waals surface area contributed by atoms with Gasteiger partial charge in [-0.25, -0.2) is 4.98 Å². The largest absolute Gasteiger partial charge is 0.334 e. The molecule has 1 aliphatic carbocycles. The van der Waals surface area contributed by atoms with Crippen LogP contribution < -0.4 is 5.32 Å². The van der Waals surface area contributed by atoms with Gasteiger partial charge in [-0.2, -0.15) is 0 Å². The van der Waals surface area contributed by atoms with Crippen molar-refractivity contribution in [2.75, 3.05) is 0 Å². The summed E-state index contributed by atoms with van der Waals surface area (Å²) in [5.74, 6) is 0. The van der Waals surface area contributed by atoms with Crippen molar-refractivity contribution >= 4 is 0 Å². The van der Waals surface area contributed by atoms with Crippen molar-refractivity contribution in [3.05, 3.63) is 18.2 Å². The molecule has 0 saturated heterocycles. The van der Waals surface area contributed by atoms with Crippen LogP contribution in [0.1, 0.15) is 40.3 Å². The van der Waals surface area contributed by atoms with E-state index >= 15 is 0 Å². The minimum absolute atomic E-state index is 0.407. The van der Waals surface area contributed by atoms with Crippen LogP contribution in [0, 0.1) is 10.8 Å². The fourth-order valence-electron chi connectivity index (χ4n) is 2.69. The zero-order valence-electron chi connectivity index (χ0n) is 11.0. The third-order valence-electron chi connectivity index (χ3n) is 4.65. The SMILES string of the molecule is CCn1cncc1CNC1C(C)(C)C1(C)C. The lowest BCUT2D eigenvalue weighted by Crippen LogP contribution is -2.23. The molecule has 0 unspecified atom stereocenters. The normalized spacial score (nSPS) is 22.3. The second-order valence-electron chi connectivity index (χ2n) is 5.93. The summed E-state index contributed by atoms with van der Waals surface area (Å²) < 4.78 is 2.19. The van der Waals surface area contributed by atoms with E-state index in [1.165, 1.54) is 5.69 Å². The maximum absolute atomic E-state index is 4.19. The topological polar surface area (TPSA) is 29.9 Å². The molecule has 0 radical (unpaired) electrons. The molecule has 1 saturated carbocycles. The zero-order valence-corrected chi connectivity index (χ0v) is 11.0. The highest BCUT2D eigenvalue weighted by Gasteiger charge is 2.64. The molecule has 1 heterocycles. The molecule has 0 amide bonds. The fraction of sp³-hybridized carbons (Fsp3) is 0.769. The number of aromatic nitrogens is 2. The van der Waals surface area contributed by atoms with Crippen molar-refractivity contribution in [3.8, 4) is 0 Å². The second kappa shape index (κ2) is 3.59. The van der Waals surface area contributed by atoms with E-state index < -0.39 is 0 Å². The minimum atomic E-state index is 0.407. The van der Waals surface area contributed by atoms with Gasteiger partial charge in [0.2, 0.25) is 0 Å². The van der Waals surface area contributed by atoms with Gasteiger partial charge in [-0.3, -0.25) is 0 Å². The Labute approximate surface area is 98.3 Å². The van der Waals surface area contributed by atoms with Crippen molar-refractivity contribution in [2.24, 2.45) is 10.8 Å². The van der Waals surface area contributed by atoms with E-state index in [-0.39, 0.29) is 0 Å². The smallest absolute Gasteiger partial charge is 0.0948 e. The Hall–Kier alpha value is -0.830. The first-order valence-electron chi connectivity index (χ1n) is 6.13. The van der Waals surface area contributed by atoms with Gasteiger partial charge < -0.3 is 9.88 Å². The maximum Gasteiger partial charge on any atom is 0.0948 e. The number of hydrogen-bond acceptors (Lipinski definition) is 2. The van der Waals surface area contributed by atoms with Gasteiger partial charge in [0.05, 0.1) is 12.0 Å². The Kier molecular flexibility index (Phi) is 2.61. The van der Waals surface area contributed by atoms with Crippen LogP contribution in [0.3, 0.4) is 0 Å². The first-order valence-corrected chi connectivity index (χ1v) is 6.13. The summed E-state index contributed by atoms with van der Waals surface area (Å²) in [6.45, 7) is 13.4. The quantitative estimate of drug-likeness (QED) is 0.846. The Balaban J connectivity index is 1.95. The molecule has 2 rings (SSSR count). The molecule has 1 aromatic rings. The van der Waals surface area contributed by atoms with Crippen molar-refractivity contribution in [1.29, 1.82) is 0 Å². The molecule has 0 aliphatic heterocycles. The van der Waals surface area contributed by atoms with Gasteiger partial charge in [0.15, 0.2) is 0 Å². The van der Waals surface area contributed by atoms with E-state index in [2.05, 4.69) is 49.5 Å². The summed E-state index contributed by atoms with van der Waals surface area (Å²) in [7, 11) is 0. The van der Waals surface area contributed by atoms with Crippen LogP contribution in [-0.4, -0.2) is 15.6 Å². The predicted molar refractivity (Wildman–Crippen MR) is 66.1 cm³/mol. The van der Waals surface area contributed by atoms with Crippen molar-refractivity contribution in [3.63, 3.8) is 0 Å². The van der Waals surface area contributed by atoms with E-state index in [1.807, 2.05) is 12.5 Å². The third-order valence-corrected chi connectivity index (χ3v) is 4.65. The van der Waals surface area contributed by atoms with Crippen LogP contribution in [0.2, 0.25) is 0 Å². The molecule has 1 aromatic heterocycles. The van der Waals surface area contributed by atoms with Gasteiger partial charge in [-0.1, -0.05) is 27.7 Å². The molecule has 90 valence electrons. The highest BCUT2D eigenvalue weighted by Crippen LogP contribution is 2.62. The lowest BCUT2D eigenvalue weighted by Gasteiger charge is -2.08. The summed E-state index contributed by atoms with van der Waals surface area (Å²) in [6.07, 6.45) is 3.86. The first-order chi connectivity index (χ1) is 7.41. The van der Waals surface area contributed by atoms with E-state index in [0.717, 1.165) is 13.1 Å². The number of rotatable bonds is 4. The average molecular weight is 221 g/mol. The van der Waals surface area contributed by atoms with Gasteiger partial charge in [0.25, 0.3) is 0 Å². The van der Waals surface area contributed by atoms with Crippen molar-refractivity contribution in [2.45, 2.75) is 53.8 Å².